The third-order valence-electron chi connectivity index (χ3n) is 7.07. The van der Waals surface area contributed by atoms with E-state index >= 15 is 0 Å². The second-order valence-corrected chi connectivity index (χ2v) is 9.68. The van der Waals surface area contributed by atoms with Crippen LogP contribution in [0.1, 0.15) is 31.4 Å². The minimum absolute atomic E-state index is 0.00291. The highest BCUT2D eigenvalue weighted by atomic mass is 19.4. The molecule has 2 aromatic carbocycles. The topological polar surface area (TPSA) is 87.2 Å². The summed E-state index contributed by atoms with van der Waals surface area (Å²) in [6.07, 6.45) is 0.371. The maximum Gasteiger partial charge on any atom is 0.433 e. The predicted octanol–water partition coefficient (Wildman–Crippen LogP) is 4.57. The number of benzene rings is 1. The Balaban J connectivity index is 1.25. The summed E-state index contributed by atoms with van der Waals surface area (Å²) in [7, 11) is 0. The molecule has 6 rings (SSSR count). The molecule has 2 aromatic heterocycles. The number of piperidine rings is 1. The normalized spacial score (nSPS) is 16.9. The number of hydrogen-bond donors (Lipinski definition) is 2. The molecule has 37 heavy (non-hydrogen) atoms. The van der Waals surface area contributed by atoms with Crippen molar-refractivity contribution in [3.8, 4) is 11.1 Å². The monoisotopic (exact) mass is 507 g/mol. The molecule has 7 nitrogen and oxygen atoms in total. The zero-order valence-corrected chi connectivity index (χ0v) is 19.8. The van der Waals surface area contributed by atoms with Crippen molar-refractivity contribution in [2.45, 2.75) is 43.9 Å². The average Bonchev–Trinajstić information content (AvgIpc) is 3.73. The number of halogens is 3. The highest BCUT2D eigenvalue weighted by molar-refractivity contribution is 5.99. The van der Waals surface area contributed by atoms with E-state index in [1.165, 1.54) is 6.07 Å². The van der Waals surface area contributed by atoms with Crippen molar-refractivity contribution in [3.63, 3.8) is 0 Å². The third kappa shape index (κ3) is 4.41. The fourth-order valence-electron chi connectivity index (χ4n) is 4.91. The molecule has 2 N–H and O–H groups in total. The van der Waals surface area contributed by atoms with Crippen molar-refractivity contribution in [1.82, 2.24) is 9.97 Å². The van der Waals surface area contributed by atoms with E-state index in [1.807, 2.05) is 35.2 Å². The highest BCUT2D eigenvalue weighted by Gasteiger charge is 2.34. The minimum Gasteiger partial charge on any atom is -0.377 e. The Labute approximate surface area is 210 Å². The summed E-state index contributed by atoms with van der Waals surface area (Å²) in [6.45, 7) is 1.16. The van der Waals surface area contributed by atoms with Gasteiger partial charge in [-0.3, -0.25) is 9.59 Å². The quantitative estimate of drug-likeness (QED) is 0.370. The molecule has 0 radical (unpaired) electrons. The fraction of sp³-hybridized carbons (Fsp3) is 0.333. The van der Waals surface area contributed by atoms with Crippen molar-refractivity contribution in [2.75, 3.05) is 28.6 Å². The van der Waals surface area contributed by atoms with Gasteiger partial charge in [-0.25, -0.2) is 9.97 Å². The SMILES string of the molecule is O=c1c(NC2CC2)c(N2CCC(Nc3ncc(-c4ccccc4)c4nc(C(F)(F)F)ccc34)CC2)c1=O. The first-order chi connectivity index (χ1) is 17.8. The Morgan fingerprint density at radius 2 is 1.57 bits per heavy atom. The molecule has 1 aliphatic carbocycles. The van der Waals surface area contributed by atoms with Crippen LogP contribution < -0.4 is 26.4 Å². The molecule has 0 bridgehead atoms. The zero-order valence-electron chi connectivity index (χ0n) is 19.8. The van der Waals surface area contributed by atoms with Gasteiger partial charge >= 0.3 is 6.18 Å². The van der Waals surface area contributed by atoms with Crippen molar-refractivity contribution in [3.05, 3.63) is 74.8 Å². The zero-order chi connectivity index (χ0) is 25.7. The minimum atomic E-state index is -4.56. The highest BCUT2D eigenvalue weighted by Crippen LogP contribution is 2.36. The van der Waals surface area contributed by atoms with Gasteiger partial charge in [0.25, 0.3) is 10.9 Å². The molecule has 190 valence electrons. The van der Waals surface area contributed by atoms with E-state index in [4.69, 9.17) is 0 Å². The maximum atomic E-state index is 13.5. The van der Waals surface area contributed by atoms with Gasteiger partial charge in [-0.05, 0) is 43.4 Å². The van der Waals surface area contributed by atoms with Gasteiger partial charge in [0.15, 0.2) is 0 Å². The fourth-order valence-corrected chi connectivity index (χ4v) is 4.91. The lowest BCUT2D eigenvalue weighted by atomic mass is 10.0. The summed E-state index contributed by atoms with van der Waals surface area (Å²) in [5.41, 5.74) is 0.576. The smallest absolute Gasteiger partial charge is 0.377 e. The molecule has 2 fully saturated rings. The summed E-state index contributed by atoms with van der Waals surface area (Å²) in [5, 5.41) is 7.07. The number of alkyl halides is 3. The van der Waals surface area contributed by atoms with Crippen LogP contribution in [0.4, 0.5) is 30.4 Å². The second kappa shape index (κ2) is 8.86. The number of hydrogen-bond acceptors (Lipinski definition) is 7. The molecule has 0 amide bonds. The Morgan fingerprint density at radius 3 is 2.24 bits per heavy atom. The van der Waals surface area contributed by atoms with Crippen LogP contribution in [-0.2, 0) is 6.18 Å². The molecule has 3 heterocycles. The standard InChI is InChI=1S/C27H24F3N5O2/c28-27(29,30)20-9-8-18-21(34-20)19(15-4-2-1-3-5-15)14-31-26(18)33-17-10-12-35(13-11-17)23-22(24(36)25(23)37)32-16-6-7-16/h1-5,8-9,14,16-17,32H,6-7,10-13H2,(H,31,33). The maximum absolute atomic E-state index is 13.5. The third-order valence-corrected chi connectivity index (χ3v) is 7.07. The van der Waals surface area contributed by atoms with E-state index in [1.54, 1.807) is 6.20 Å². The van der Waals surface area contributed by atoms with Crippen LogP contribution in [0.15, 0.2) is 58.3 Å². The molecule has 0 atom stereocenters. The second-order valence-electron chi connectivity index (χ2n) is 9.68. The van der Waals surface area contributed by atoms with Gasteiger partial charge in [-0.1, -0.05) is 30.3 Å². The van der Waals surface area contributed by atoms with Gasteiger partial charge in [0.1, 0.15) is 22.9 Å². The number of aromatic nitrogens is 2. The van der Waals surface area contributed by atoms with Crippen LogP contribution in [-0.4, -0.2) is 35.1 Å². The summed E-state index contributed by atoms with van der Waals surface area (Å²) in [4.78, 5) is 34.8. The van der Waals surface area contributed by atoms with Crippen LogP contribution in [0.25, 0.3) is 22.0 Å². The number of nitrogens with zero attached hydrogens (tertiary/aromatic N) is 3. The van der Waals surface area contributed by atoms with Crippen molar-refractivity contribution in [2.24, 2.45) is 0 Å². The molecule has 0 spiro atoms. The van der Waals surface area contributed by atoms with E-state index in [0.29, 0.717) is 54.1 Å². The average molecular weight is 508 g/mol. The van der Waals surface area contributed by atoms with Crippen molar-refractivity contribution in [1.29, 1.82) is 0 Å². The molecule has 1 saturated heterocycles. The Hall–Kier alpha value is -3.95. The van der Waals surface area contributed by atoms with Gasteiger partial charge in [-0.2, -0.15) is 13.2 Å². The summed E-state index contributed by atoms with van der Waals surface area (Å²) >= 11 is 0. The van der Waals surface area contributed by atoms with E-state index < -0.39 is 22.7 Å². The van der Waals surface area contributed by atoms with Crippen LogP contribution in [0.5, 0.6) is 0 Å². The van der Waals surface area contributed by atoms with E-state index in [0.717, 1.165) is 24.5 Å². The lowest BCUT2D eigenvalue weighted by Crippen LogP contribution is -2.47. The molecule has 4 aromatic rings. The largest absolute Gasteiger partial charge is 0.433 e. The van der Waals surface area contributed by atoms with E-state index in [-0.39, 0.29) is 17.6 Å². The van der Waals surface area contributed by atoms with Crippen molar-refractivity contribution >= 4 is 28.1 Å². The predicted molar refractivity (Wildman–Crippen MR) is 137 cm³/mol. The van der Waals surface area contributed by atoms with Gasteiger partial charge in [-0.15, -0.1) is 0 Å². The van der Waals surface area contributed by atoms with Gasteiger partial charge in [0.05, 0.1) is 5.52 Å². The molecular weight excluding hydrogens is 483 g/mol. The molecule has 10 heteroatoms. The van der Waals surface area contributed by atoms with Crippen LogP contribution in [0, 0.1) is 0 Å². The summed E-state index contributed by atoms with van der Waals surface area (Å²) < 4.78 is 40.4. The summed E-state index contributed by atoms with van der Waals surface area (Å²) in [5.74, 6) is 0.472. The molecule has 1 saturated carbocycles. The first-order valence-corrected chi connectivity index (χ1v) is 12.3. The molecule has 1 aliphatic heterocycles. The van der Waals surface area contributed by atoms with Gasteiger partial charge < -0.3 is 15.5 Å². The van der Waals surface area contributed by atoms with Crippen LogP contribution in [0.2, 0.25) is 0 Å². The van der Waals surface area contributed by atoms with E-state index in [9.17, 15) is 22.8 Å². The molecule has 0 unspecified atom stereocenters. The lowest BCUT2D eigenvalue weighted by Gasteiger charge is -2.35. The first kappa shape index (κ1) is 23.4. The number of pyridine rings is 2. The van der Waals surface area contributed by atoms with Gasteiger partial charge in [0.2, 0.25) is 0 Å². The Bertz CT molecular complexity index is 1530. The first-order valence-electron chi connectivity index (χ1n) is 12.3. The molecular formula is C27H24F3N5O2. The molecule has 2 aliphatic rings. The number of rotatable bonds is 6. The Kier molecular flexibility index (Phi) is 5.62. The van der Waals surface area contributed by atoms with E-state index in [2.05, 4.69) is 20.6 Å². The van der Waals surface area contributed by atoms with Crippen molar-refractivity contribution < 1.29 is 13.2 Å². The lowest BCUT2D eigenvalue weighted by molar-refractivity contribution is -0.140. The Morgan fingerprint density at radius 1 is 0.865 bits per heavy atom. The number of nitrogens with one attached hydrogen (secondary N) is 2. The number of fused-ring (bicyclic) bond motifs is 1. The summed E-state index contributed by atoms with van der Waals surface area (Å²) in [6, 6.07) is 11.8. The van der Waals surface area contributed by atoms with Crippen LogP contribution in [0.3, 0.4) is 0 Å². The van der Waals surface area contributed by atoms with Crippen LogP contribution >= 0.6 is 0 Å². The number of anilines is 3. The van der Waals surface area contributed by atoms with Gasteiger partial charge in [0, 0.05) is 42.3 Å².